The molecule has 0 atom stereocenters. The standard InChI is InChI=1S/C19H14Cl2O3/c1-11-7-18(22)19(12(2)23-11)13-3-5-16(6-4-13)24-17-9-14(20)8-15(21)10-17/h3-10H,1-2H3. The molecule has 0 saturated carbocycles. The Morgan fingerprint density at radius 3 is 2.08 bits per heavy atom. The Bertz CT molecular complexity index is 924. The van der Waals surface area contributed by atoms with E-state index in [9.17, 15) is 4.79 Å². The van der Waals surface area contributed by atoms with Crippen molar-refractivity contribution in [2.45, 2.75) is 13.8 Å². The Morgan fingerprint density at radius 2 is 1.50 bits per heavy atom. The van der Waals surface area contributed by atoms with Gasteiger partial charge in [-0.15, -0.1) is 0 Å². The van der Waals surface area contributed by atoms with Crippen molar-refractivity contribution in [3.63, 3.8) is 0 Å². The van der Waals surface area contributed by atoms with Crippen molar-refractivity contribution >= 4 is 23.2 Å². The molecule has 3 aromatic rings. The van der Waals surface area contributed by atoms with Crippen LogP contribution in [0.2, 0.25) is 10.0 Å². The highest BCUT2D eigenvalue weighted by molar-refractivity contribution is 6.34. The zero-order valence-electron chi connectivity index (χ0n) is 13.1. The Balaban J connectivity index is 1.90. The van der Waals surface area contributed by atoms with E-state index in [4.69, 9.17) is 32.4 Å². The second-order valence-electron chi connectivity index (χ2n) is 5.38. The van der Waals surface area contributed by atoms with E-state index in [0.717, 1.165) is 5.56 Å². The molecular weight excluding hydrogens is 347 g/mol. The van der Waals surface area contributed by atoms with Gasteiger partial charge in [-0.25, -0.2) is 0 Å². The topological polar surface area (TPSA) is 39.4 Å². The van der Waals surface area contributed by atoms with Crippen LogP contribution >= 0.6 is 23.2 Å². The number of hydrogen-bond acceptors (Lipinski definition) is 3. The van der Waals surface area contributed by atoms with E-state index in [1.54, 1.807) is 44.2 Å². The molecule has 0 bridgehead atoms. The van der Waals surface area contributed by atoms with Crippen molar-refractivity contribution < 1.29 is 9.15 Å². The lowest BCUT2D eigenvalue weighted by Gasteiger charge is -2.09. The van der Waals surface area contributed by atoms with Gasteiger partial charge in [-0.1, -0.05) is 35.3 Å². The van der Waals surface area contributed by atoms with E-state index in [1.807, 2.05) is 12.1 Å². The van der Waals surface area contributed by atoms with Crippen LogP contribution in [-0.2, 0) is 0 Å². The fraction of sp³-hybridized carbons (Fsp3) is 0.105. The van der Waals surface area contributed by atoms with Gasteiger partial charge in [-0.3, -0.25) is 4.79 Å². The van der Waals surface area contributed by atoms with Crippen LogP contribution in [0.1, 0.15) is 11.5 Å². The third kappa shape index (κ3) is 3.64. The summed E-state index contributed by atoms with van der Waals surface area (Å²) in [6, 6.07) is 13.7. The fourth-order valence-corrected chi connectivity index (χ4v) is 3.02. The summed E-state index contributed by atoms with van der Waals surface area (Å²) in [6.45, 7) is 3.54. The van der Waals surface area contributed by atoms with Crippen molar-refractivity contribution in [1.82, 2.24) is 0 Å². The molecule has 24 heavy (non-hydrogen) atoms. The van der Waals surface area contributed by atoms with Gasteiger partial charge in [0.25, 0.3) is 0 Å². The van der Waals surface area contributed by atoms with Gasteiger partial charge in [-0.2, -0.15) is 0 Å². The summed E-state index contributed by atoms with van der Waals surface area (Å²) in [5.74, 6) is 2.35. The molecule has 122 valence electrons. The first-order valence-corrected chi connectivity index (χ1v) is 8.04. The van der Waals surface area contributed by atoms with Gasteiger partial charge < -0.3 is 9.15 Å². The highest BCUT2D eigenvalue weighted by atomic mass is 35.5. The maximum Gasteiger partial charge on any atom is 0.193 e. The van der Waals surface area contributed by atoms with Crippen LogP contribution in [0.3, 0.4) is 0 Å². The summed E-state index contributed by atoms with van der Waals surface area (Å²) in [6.07, 6.45) is 0. The third-order valence-electron chi connectivity index (χ3n) is 3.46. The lowest BCUT2D eigenvalue weighted by atomic mass is 10.0. The quantitative estimate of drug-likeness (QED) is 0.572. The smallest absolute Gasteiger partial charge is 0.193 e. The van der Waals surface area contributed by atoms with Gasteiger partial charge in [0, 0.05) is 16.1 Å². The van der Waals surface area contributed by atoms with Crippen molar-refractivity contribution in [2.24, 2.45) is 0 Å². The minimum absolute atomic E-state index is 0.0634. The van der Waals surface area contributed by atoms with Gasteiger partial charge in [-0.05, 0) is 49.7 Å². The van der Waals surface area contributed by atoms with Crippen LogP contribution in [0.25, 0.3) is 11.1 Å². The van der Waals surface area contributed by atoms with Gasteiger partial charge >= 0.3 is 0 Å². The second kappa shape index (κ2) is 6.71. The molecule has 0 unspecified atom stereocenters. The van der Waals surface area contributed by atoms with E-state index in [-0.39, 0.29) is 5.43 Å². The number of benzene rings is 2. The van der Waals surface area contributed by atoms with Gasteiger partial charge in [0.2, 0.25) is 0 Å². The van der Waals surface area contributed by atoms with E-state index in [2.05, 4.69) is 0 Å². The number of aryl methyl sites for hydroxylation is 2. The number of rotatable bonds is 3. The fourth-order valence-electron chi connectivity index (χ4n) is 2.51. The van der Waals surface area contributed by atoms with Crippen LogP contribution in [0.4, 0.5) is 0 Å². The summed E-state index contributed by atoms with van der Waals surface area (Å²) in [5.41, 5.74) is 1.27. The zero-order valence-corrected chi connectivity index (χ0v) is 14.6. The first-order valence-electron chi connectivity index (χ1n) is 7.28. The molecule has 1 aromatic heterocycles. The summed E-state index contributed by atoms with van der Waals surface area (Å²) in [5, 5.41) is 1.00. The molecule has 0 saturated heterocycles. The second-order valence-corrected chi connectivity index (χ2v) is 6.26. The van der Waals surface area contributed by atoms with E-state index >= 15 is 0 Å². The van der Waals surface area contributed by atoms with Crippen molar-refractivity contribution in [3.05, 3.63) is 80.3 Å². The summed E-state index contributed by atoms with van der Waals surface area (Å²) < 4.78 is 11.3. The van der Waals surface area contributed by atoms with Crippen molar-refractivity contribution in [1.29, 1.82) is 0 Å². The third-order valence-corrected chi connectivity index (χ3v) is 3.90. The molecule has 5 heteroatoms. The summed E-state index contributed by atoms with van der Waals surface area (Å²) in [4.78, 5) is 12.2. The average molecular weight is 361 g/mol. The number of ether oxygens (including phenoxy) is 1. The first kappa shape index (κ1) is 16.6. The van der Waals surface area contributed by atoms with E-state index in [1.165, 1.54) is 6.07 Å². The predicted octanol–water partition coefficient (Wildman–Crippen LogP) is 6.02. The van der Waals surface area contributed by atoms with Crippen molar-refractivity contribution in [3.8, 4) is 22.6 Å². The molecule has 0 aliphatic carbocycles. The van der Waals surface area contributed by atoms with E-state index in [0.29, 0.717) is 38.6 Å². The molecule has 1 heterocycles. The monoisotopic (exact) mass is 360 g/mol. The van der Waals surface area contributed by atoms with Gasteiger partial charge in [0.15, 0.2) is 5.43 Å². The lowest BCUT2D eigenvalue weighted by molar-refractivity contribution is 0.482. The van der Waals surface area contributed by atoms with Crippen LogP contribution in [0.15, 0.2) is 57.7 Å². The molecule has 0 aliphatic rings. The highest BCUT2D eigenvalue weighted by Crippen LogP contribution is 2.30. The molecule has 0 N–H and O–H groups in total. The molecule has 3 nitrogen and oxygen atoms in total. The molecule has 0 spiro atoms. The Labute approximate surface area is 149 Å². The molecule has 0 aliphatic heterocycles. The van der Waals surface area contributed by atoms with Crippen LogP contribution in [-0.4, -0.2) is 0 Å². The minimum Gasteiger partial charge on any atom is -0.466 e. The molecule has 0 amide bonds. The van der Waals surface area contributed by atoms with E-state index < -0.39 is 0 Å². The molecule has 2 aromatic carbocycles. The largest absolute Gasteiger partial charge is 0.466 e. The Hall–Kier alpha value is -2.23. The Morgan fingerprint density at radius 1 is 0.875 bits per heavy atom. The number of halogens is 2. The predicted molar refractivity (Wildman–Crippen MR) is 96.4 cm³/mol. The molecule has 3 rings (SSSR count). The van der Waals surface area contributed by atoms with Crippen LogP contribution in [0.5, 0.6) is 11.5 Å². The normalized spacial score (nSPS) is 10.7. The zero-order chi connectivity index (χ0) is 17.3. The average Bonchev–Trinajstić information content (AvgIpc) is 2.47. The summed E-state index contributed by atoms with van der Waals surface area (Å²) in [7, 11) is 0. The SMILES string of the molecule is Cc1cc(=O)c(-c2ccc(Oc3cc(Cl)cc(Cl)c3)cc2)c(C)o1. The molecular formula is C19H14Cl2O3. The molecule has 0 fully saturated rings. The highest BCUT2D eigenvalue weighted by Gasteiger charge is 2.10. The first-order chi connectivity index (χ1) is 11.4. The van der Waals surface area contributed by atoms with Crippen molar-refractivity contribution in [2.75, 3.05) is 0 Å². The van der Waals surface area contributed by atoms with Crippen LogP contribution in [0, 0.1) is 13.8 Å². The summed E-state index contributed by atoms with van der Waals surface area (Å²) >= 11 is 11.9. The maximum atomic E-state index is 12.2. The van der Waals surface area contributed by atoms with Crippen LogP contribution < -0.4 is 10.2 Å². The maximum absolute atomic E-state index is 12.2. The molecule has 0 radical (unpaired) electrons. The Kier molecular flexibility index (Phi) is 4.65. The van der Waals surface area contributed by atoms with Gasteiger partial charge in [0.1, 0.15) is 23.0 Å². The minimum atomic E-state index is -0.0634. The number of hydrogen-bond donors (Lipinski definition) is 0. The lowest BCUT2D eigenvalue weighted by Crippen LogP contribution is -2.06. The van der Waals surface area contributed by atoms with Gasteiger partial charge in [0.05, 0.1) is 5.56 Å².